The largest absolute Gasteiger partial charge is 0.497 e. The third-order valence-electron chi connectivity index (χ3n) is 4.31. The normalized spacial score (nSPS) is 23.4. The topological polar surface area (TPSA) is 50.4 Å². The number of methoxy groups -OCH3 is 1. The molecule has 0 spiro atoms. The van der Waals surface area contributed by atoms with Gasteiger partial charge in [0.1, 0.15) is 5.75 Å². The van der Waals surface area contributed by atoms with Crippen LogP contribution in [-0.2, 0) is 4.79 Å². The van der Waals surface area contributed by atoms with Gasteiger partial charge in [-0.05, 0) is 49.0 Å². The van der Waals surface area contributed by atoms with Crippen LogP contribution in [0.3, 0.4) is 0 Å². The van der Waals surface area contributed by atoms with Gasteiger partial charge in [-0.3, -0.25) is 4.79 Å². The van der Waals surface area contributed by atoms with Crippen molar-refractivity contribution in [2.45, 2.75) is 38.6 Å². The lowest BCUT2D eigenvalue weighted by Crippen LogP contribution is -2.48. The molecule has 3 atom stereocenters. The molecule has 1 aromatic carbocycles. The van der Waals surface area contributed by atoms with Crippen LogP contribution in [-0.4, -0.2) is 32.1 Å². The van der Waals surface area contributed by atoms with E-state index in [1.165, 1.54) is 5.56 Å². The average Bonchev–Trinajstić information content (AvgIpc) is 2.49. The molecular formula is C17H26N2O2. The van der Waals surface area contributed by atoms with Crippen molar-refractivity contribution < 1.29 is 9.53 Å². The summed E-state index contributed by atoms with van der Waals surface area (Å²) < 4.78 is 5.16. The van der Waals surface area contributed by atoms with Crippen LogP contribution in [0.25, 0.3) is 0 Å². The van der Waals surface area contributed by atoms with E-state index >= 15 is 0 Å². The highest BCUT2D eigenvalue weighted by Crippen LogP contribution is 2.22. The van der Waals surface area contributed by atoms with Gasteiger partial charge in [0, 0.05) is 12.5 Å². The average molecular weight is 290 g/mol. The van der Waals surface area contributed by atoms with Gasteiger partial charge in [0.2, 0.25) is 5.91 Å². The van der Waals surface area contributed by atoms with Gasteiger partial charge in [0.05, 0.1) is 7.11 Å². The van der Waals surface area contributed by atoms with Crippen LogP contribution >= 0.6 is 0 Å². The lowest BCUT2D eigenvalue weighted by atomic mass is 9.93. The number of piperidine rings is 1. The minimum Gasteiger partial charge on any atom is -0.497 e. The van der Waals surface area contributed by atoms with Crippen molar-refractivity contribution in [1.82, 2.24) is 10.6 Å². The lowest BCUT2D eigenvalue weighted by molar-refractivity contribution is -0.122. The molecular weight excluding hydrogens is 264 g/mol. The summed E-state index contributed by atoms with van der Waals surface area (Å²) in [5.74, 6) is 1.71. The Labute approximate surface area is 127 Å². The van der Waals surface area contributed by atoms with Gasteiger partial charge in [-0.1, -0.05) is 26.0 Å². The number of hydrogen-bond donors (Lipinski definition) is 2. The molecule has 1 aliphatic rings. The minimum absolute atomic E-state index is 0.150. The second kappa shape index (κ2) is 7.46. The first-order valence-electron chi connectivity index (χ1n) is 7.74. The van der Waals surface area contributed by atoms with E-state index in [-0.39, 0.29) is 11.8 Å². The maximum atomic E-state index is 12.2. The van der Waals surface area contributed by atoms with Gasteiger partial charge in [0.15, 0.2) is 0 Å². The van der Waals surface area contributed by atoms with Crippen LogP contribution in [0, 0.1) is 5.92 Å². The van der Waals surface area contributed by atoms with E-state index in [0.29, 0.717) is 18.4 Å². The minimum atomic E-state index is 0.150. The SMILES string of the molecule is COc1ccc(C(C)CC(=O)NC2CCNCC2C)cc1. The predicted molar refractivity (Wildman–Crippen MR) is 84.6 cm³/mol. The third kappa shape index (κ3) is 4.46. The Balaban J connectivity index is 1.86. The van der Waals surface area contributed by atoms with E-state index in [0.717, 1.165) is 25.3 Å². The van der Waals surface area contributed by atoms with E-state index in [4.69, 9.17) is 4.74 Å². The number of carbonyl (C=O) groups is 1. The summed E-state index contributed by atoms with van der Waals surface area (Å²) in [4.78, 5) is 12.2. The van der Waals surface area contributed by atoms with E-state index in [2.05, 4.69) is 24.5 Å². The molecule has 3 unspecified atom stereocenters. The molecule has 1 aliphatic heterocycles. The maximum Gasteiger partial charge on any atom is 0.220 e. The molecule has 2 N–H and O–H groups in total. The van der Waals surface area contributed by atoms with Gasteiger partial charge < -0.3 is 15.4 Å². The molecule has 0 bridgehead atoms. The quantitative estimate of drug-likeness (QED) is 0.875. The molecule has 0 aromatic heterocycles. The van der Waals surface area contributed by atoms with Crippen LogP contribution in [0.4, 0.5) is 0 Å². The van der Waals surface area contributed by atoms with E-state index in [9.17, 15) is 4.79 Å². The summed E-state index contributed by atoms with van der Waals surface area (Å²) in [6.07, 6.45) is 1.55. The van der Waals surface area contributed by atoms with E-state index < -0.39 is 0 Å². The molecule has 4 nitrogen and oxygen atoms in total. The fourth-order valence-corrected chi connectivity index (χ4v) is 2.82. The van der Waals surface area contributed by atoms with Crippen LogP contribution in [0.5, 0.6) is 5.75 Å². The van der Waals surface area contributed by atoms with E-state index in [1.54, 1.807) is 7.11 Å². The Morgan fingerprint density at radius 2 is 2.14 bits per heavy atom. The summed E-state index contributed by atoms with van der Waals surface area (Å²) in [5.41, 5.74) is 1.17. The number of amides is 1. The van der Waals surface area contributed by atoms with Crippen LogP contribution in [0.2, 0.25) is 0 Å². The number of ether oxygens (including phenoxy) is 1. The Morgan fingerprint density at radius 1 is 1.43 bits per heavy atom. The van der Waals surface area contributed by atoms with Crippen LogP contribution < -0.4 is 15.4 Å². The van der Waals surface area contributed by atoms with Crippen molar-refractivity contribution >= 4 is 5.91 Å². The predicted octanol–water partition coefficient (Wildman–Crippen LogP) is 2.30. The van der Waals surface area contributed by atoms with Crippen molar-refractivity contribution in [2.24, 2.45) is 5.92 Å². The summed E-state index contributed by atoms with van der Waals surface area (Å²) >= 11 is 0. The smallest absolute Gasteiger partial charge is 0.220 e. The first-order valence-corrected chi connectivity index (χ1v) is 7.74. The highest BCUT2D eigenvalue weighted by molar-refractivity contribution is 5.77. The number of hydrogen-bond acceptors (Lipinski definition) is 3. The number of benzene rings is 1. The maximum absolute atomic E-state index is 12.2. The summed E-state index contributed by atoms with van der Waals surface area (Å²) in [6, 6.07) is 8.26. The zero-order valence-corrected chi connectivity index (χ0v) is 13.2. The summed E-state index contributed by atoms with van der Waals surface area (Å²) in [5, 5.41) is 6.54. The standard InChI is InChI=1S/C17H26N2O2/c1-12(14-4-6-15(21-3)7-5-14)10-17(20)19-16-8-9-18-11-13(16)2/h4-7,12-13,16,18H,8-11H2,1-3H3,(H,19,20). The Hall–Kier alpha value is -1.55. The third-order valence-corrected chi connectivity index (χ3v) is 4.31. The fourth-order valence-electron chi connectivity index (χ4n) is 2.82. The van der Waals surface area contributed by atoms with Gasteiger partial charge in [0.25, 0.3) is 0 Å². The number of carbonyl (C=O) groups excluding carboxylic acids is 1. The molecule has 1 fully saturated rings. The Kier molecular flexibility index (Phi) is 5.62. The molecule has 0 radical (unpaired) electrons. The van der Waals surface area contributed by atoms with Crippen LogP contribution in [0.1, 0.15) is 38.2 Å². The highest BCUT2D eigenvalue weighted by atomic mass is 16.5. The Bertz CT molecular complexity index is 458. The zero-order valence-electron chi connectivity index (χ0n) is 13.2. The molecule has 0 aliphatic carbocycles. The van der Waals surface area contributed by atoms with Gasteiger partial charge in [-0.25, -0.2) is 0 Å². The van der Waals surface area contributed by atoms with Crippen molar-refractivity contribution in [3.8, 4) is 5.75 Å². The summed E-state index contributed by atoms with van der Waals surface area (Å²) in [6.45, 7) is 6.25. The van der Waals surface area contributed by atoms with Crippen molar-refractivity contribution in [3.63, 3.8) is 0 Å². The van der Waals surface area contributed by atoms with Crippen molar-refractivity contribution in [2.75, 3.05) is 20.2 Å². The second-order valence-electron chi connectivity index (χ2n) is 6.02. The van der Waals surface area contributed by atoms with Crippen molar-refractivity contribution in [3.05, 3.63) is 29.8 Å². The first-order chi connectivity index (χ1) is 10.1. The fraction of sp³-hybridized carbons (Fsp3) is 0.588. The lowest BCUT2D eigenvalue weighted by Gasteiger charge is -2.30. The molecule has 1 aromatic rings. The molecule has 1 heterocycles. The first kappa shape index (κ1) is 15.8. The molecule has 4 heteroatoms. The van der Waals surface area contributed by atoms with Gasteiger partial charge in [-0.2, -0.15) is 0 Å². The monoisotopic (exact) mass is 290 g/mol. The van der Waals surface area contributed by atoms with Gasteiger partial charge in [-0.15, -0.1) is 0 Å². The van der Waals surface area contributed by atoms with E-state index in [1.807, 2.05) is 24.3 Å². The number of rotatable bonds is 5. The second-order valence-corrected chi connectivity index (χ2v) is 6.02. The molecule has 21 heavy (non-hydrogen) atoms. The molecule has 1 saturated heterocycles. The molecule has 116 valence electrons. The highest BCUT2D eigenvalue weighted by Gasteiger charge is 2.23. The molecule has 0 saturated carbocycles. The zero-order chi connectivity index (χ0) is 15.2. The number of nitrogens with one attached hydrogen (secondary N) is 2. The molecule has 1 amide bonds. The molecule has 2 rings (SSSR count). The van der Waals surface area contributed by atoms with Gasteiger partial charge >= 0.3 is 0 Å². The van der Waals surface area contributed by atoms with Crippen LogP contribution in [0.15, 0.2) is 24.3 Å². The Morgan fingerprint density at radius 3 is 2.76 bits per heavy atom. The van der Waals surface area contributed by atoms with Crippen molar-refractivity contribution in [1.29, 1.82) is 0 Å². The summed E-state index contributed by atoms with van der Waals surface area (Å²) in [7, 11) is 1.66.